The lowest BCUT2D eigenvalue weighted by atomic mass is 10.1. The molecular weight excluding hydrogens is 210 g/mol. The molecule has 3 nitrogen and oxygen atoms in total. The van der Waals surface area contributed by atoms with Gasteiger partial charge in [0.1, 0.15) is 0 Å². The minimum absolute atomic E-state index is 0.896. The van der Waals surface area contributed by atoms with Crippen LogP contribution in [0.1, 0.15) is 5.56 Å². The van der Waals surface area contributed by atoms with Crippen LogP contribution in [-0.2, 0) is 0 Å². The Morgan fingerprint density at radius 1 is 0.824 bits per heavy atom. The van der Waals surface area contributed by atoms with Crippen LogP contribution in [0.25, 0.3) is 22.3 Å². The summed E-state index contributed by atoms with van der Waals surface area (Å²) in [7, 11) is 0. The number of fused-ring (bicyclic) bond motifs is 1. The van der Waals surface area contributed by atoms with Crippen LogP contribution in [0.3, 0.4) is 0 Å². The van der Waals surface area contributed by atoms with Crippen molar-refractivity contribution in [1.29, 1.82) is 0 Å². The van der Waals surface area contributed by atoms with E-state index in [1.54, 1.807) is 12.4 Å². The van der Waals surface area contributed by atoms with Crippen molar-refractivity contribution in [3.8, 4) is 11.3 Å². The van der Waals surface area contributed by atoms with Gasteiger partial charge in [-0.3, -0.25) is 15.0 Å². The number of hydrogen-bond donors (Lipinski definition) is 0. The molecule has 3 heteroatoms. The predicted molar refractivity (Wildman–Crippen MR) is 67.5 cm³/mol. The SMILES string of the molecule is Cc1ccc(-c2ccc3nccnc3c2)nc1. The number of aromatic nitrogens is 3. The molecule has 0 aliphatic carbocycles. The summed E-state index contributed by atoms with van der Waals surface area (Å²) in [5, 5.41) is 0. The molecule has 17 heavy (non-hydrogen) atoms. The Hall–Kier alpha value is -2.29. The topological polar surface area (TPSA) is 38.7 Å². The standard InChI is InChI=1S/C14H11N3/c1-10-2-4-12(17-9-10)11-3-5-13-14(8-11)16-7-6-15-13/h2-9H,1H3. The van der Waals surface area contributed by atoms with Crippen LogP contribution >= 0.6 is 0 Å². The first-order valence-corrected chi connectivity index (χ1v) is 5.47. The Balaban J connectivity index is 2.14. The van der Waals surface area contributed by atoms with Crippen molar-refractivity contribution in [3.05, 3.63) is 54.5 Å². The maximum Gasteiger partial charge on any atom is 0.0893 e. The Bertz CT molecular complexity index is 660. The average molecular weight is 221 g/mol. The van der Waals surface area contributed by atoms with Crippen molar-refractivity contribution in [2.45, 2.75) is 6.92 Å². The number of nitrogens with zero attached hydrogens (tertiary/aromatic N) is 3. The van der Waals surface area contributed by atoms with Gasteiger partial charge < -0.3 is 0 Å². The lowest BCUT2D eigenvalue weighted by Crippen LogP contribution is -1.86. The van der Waals surface area contributed by atoms with Gasteiger partial charge in [-0.2, -0.15) is 0 Å². The molecule has 0 amide bonds. The van der Waals surface area contributed by atoms with Crippen LogP contribution in [0.5, 0.6) is 0 Å². The zero-order valence-corrected chi connectivity index (χ0v) is 9.46. The summed E-state index contributed by atoms with van der Waals surface area (Å²) in [6.45, 7) is 2.03. The molecular formula is C14H11N3. The monoisotopic (exact) mass is 221 g/mol. The van der Waals surface area contributed by atoms with Crippen molar-refractivity contribution in [3.63, 3.8) is 0 Å². The second-order valence-electron chi connectivity index (χ2n) is 3.98. The van der Waals surface area contributed by atoms with Gasteiger partial charge in [0.2, 0.25) is 0 Å². The normalized spacial score (nSPS) is 10.6. The second kappa shape index (κ2) is 3.94. The van der Waals surface area contributed by atoms with Crippen molar-refractivity contribution < 1.29 is 0 Å². The summed E-state index contributed by atoms with van der Waals surface area (Å²) in [6.07, 6.45) is 5.27. The molecule has 0 aliphatic rings. The highest BCUT2D eigenvalue weighted by Gasteiger charge is 2.01. The van der Waals surface area contributed by atoms with E-state index in [2.05, 4.69) is 21.0 Å². The fourth-order valence-corrected chi connectivity index (χ4v) is 1.76. The molecule has 0 bridgehead atoms. The van der Waals surface area contributed by atoms with E-state index in [0.717, 1.165) is 27.9 Å². The first kappa shape index (κ1) is 9.90. The predicted octanol–water partition coefficient (Wildman–Crippen LogP) is 3.00. The van der Waals surface area contributed by atoms with Crippen molar-refractivity contribution in [2.24, 2.45) is 0 Å². The van der Waals surface area contributed by atoms with Gasteiger partial charge in [-0.05, 0) is 30.7 Å². The zero-order chi connectivity index (χ0) is 11.7. The van der Waals surface area contributed by atoms with Crippen molar-refractivity contribution in [2.75, 3.05) is 0 Å². The summed E-state index contributed by atoms with van der Waals surface area (Å²) in [6, 6.07) is 10.1. The molecule has 3 rings (SSSR count). The van der Waals surface area contributed by atoms with Gasteiger partial charge in [0.15, 0.2) is 0 Å². The Kier molecular flexibility index (Phi) is 2.29. The fraction of sp³-hybridized carbons (Fsp3) is 0.0714. The lowest BCUT2D eigenvalue weighted by molar-refractivity contribution is 1.26. The molecule has 0 N–H and O–H groups in total. The molecule has 0 unspecified atom stereocenters. The van der Waals surface area contributed by atoms with E-state index in [-0.39, 0.29) is 0 Å². The molecule has 0 saturated heterocycles. The average Bonchev–Trinajstić information content (AvgIpc) is 2.39. The van der Waals surface area contributed by atoms with Crippen molar-refractivity contribution >= 4 is 11.0 Å². The number of aryl methyl sites for hydroxylation is 1. The summed E-state index contributed by atoms with van der Waals surface area (Å²) < 4.78 is 0. The molecule has 0 saturated carbocycles. The van der Waals surface area contributed by atoms with Crippen LogP contribution in [0.15, 0.2) is 48.9 Å². The third-order valence-corrected chi connectivity index (χ3v) is 2.68. The van der Waals surface area contributed by atoms with E-state index in [1.807, 2.05) is 37.4 Å². The Morgan fingerprint density at radius 2 is 1.65 bits per heavy atom. The van der Waals surface area contributed by atoms with E-state index < -0.39 is 0 Å². The third kappa shape index (κ3) is 1.87. The largest absolute Gasteiger partial charge is 0.256 e. The highest BCUT2D eigenvalue weighted by atomic mass is 14.8. The van der Waals surface area contributed by atoms with Crippen LogP contribution < -0.4 is 0 Å². The quantitative estimate of drug-likeness (QED) is 0.634. The van der Waals surface area contributed by atoms with Crippen LogP contribution in [-0.4, -0.2) is 15.0 Å². The molecule has 0 aliphatic heterocycles. The summed E-state index contributed by atoms with van der Waals surface area (Å²) >= 11 is 0. The first-order valence-electron chi connectivity index (χ1n) is 5.47. The van der Waals surface area contributed by atoms with E-state index in [4.69, 9.17) is 0 Å². The van der Waals surface area contributed by atoms with Gasteiger partial charge in [0.25, 0.3) is 0 Å². The molecule has 82 valence electrons. The highest BCUT2D eigenvalue weighted by Crippen LogP contribution is 2.20. The van der Waals surface area contributed by atoms with Gasteiger partial charge in [-0.1, -0.05) is 12.1 Å². The highest BCUT2D eigenvalue weighted by molar-refractivity contribution is 5.80. The van der Waals surface area contributed by atoms with E-state index in [9.17, 15) is 0 Å². The smallest absolute Gasteiger partial charge is 0.0893 e. The van der Waals surface area contributed by atoms with Crippen LogP contribution in [0.2, 0.25) is 0 Å². The summed E-state index contributed by atoms with van der Waals surface area (Å²) in [5.41, 5.74) is 4.99. The number of hydrogen-bond acceptors (Lipinski definition) is 3. The van der Waals surface area contributed by atoms with Gasteiger partial charge in [-0.25, -0.2) is 0 Å². The summed E-state index contributed by atoms with van der Waals surface area (Å²) in [4.78, 5) is 12.9. The minimum atomic E-state index is 0.896. The molecule has 2 heterocycles. The number of rotatable bonds is 1. The molecule has 0 fully saturated rings. The Labute approximate surface area is 99.2 Å². The first-order chi connectivity index (χ1) is 8.33. The van der Waals surface area contributed by atoms with Crippen LogP contribution in [0, 0.1) is 6.92 Å². The van der Waals surface area contributed by atoms with Gasteiger partial charge in [0.05, 0.1) is 16.7 Å². The van der Waals surface area contributed by atoms with Gasteiger partial charge in [0, 0.05) is 24.2 Å². The Morgan fingerprint density at radius 3 is 2.41 bits per heavy atom. The minimum Gasteiger partial charge on any atom is -0.256 e. The van der Waals surface area contributed by atoms with E-state index >= 15 is 0 Å². The molecule has 1 aromatic carbocycles. The zero-order valence-electron chi connectivity index (χ0n) is 9.46. The number of pyridine rings is 1. The second-order valence-corrected chi connectivity index (χ2v) is 3.98. The van der Waals surface area contributed by atoms with E-state index in [0.29, 0.717) is 0 Å². The van der Waals surface area contributed by atoms with Crippen molar-refractivity contribution in [1.82, 2.24) is 15.0 Å². The summed E-state index contributed by atoms with van der Waals surface area (Å²) in [5.74, 6) is 0. The maximum absolute atomic E-state index is 4.41. The molecule has 0 atom stereocenters. The molecule has 3 aromatic rings. The number of benzene rings is 1. The van der Waals surface area contributed by atoms with Crippen LogP contribution in [0.4, 0.5) is 0 Å². The molecule has 0 spiro atoms. The molecule has 2 aromatic heterocycles. The lowest BCUT2D eigenvalue weighted by Gasteiger charge is -2.02. The maximum atomic E-state index is 4.41. The fourth-order valence-electron chi connectivity index (χ4n) is 1.76. The molecule has 0 radical (unpaired) electrons. The third-order valence-electron chi connectivity index (χ3n) is 2.68. The van der Waals surface area contributed by atoms with Gasteiger partial charge >= 0.3 is 0 Å². The van der Waals surface area contributed by atoms with E-state index in [1.165, 1.54) is 0 Å². The van der Waals surface area contributed by atoms with Gasteiger partial charge in [-0.15, -0.1) is 0 Å².